The highest BCUT2D eigenvalue weighted by atomic mass is 16.4. The first-order chi connectivity index (χ1) is 8.43. The van der Waals surface area contributed by atoms with Gasteiger partial charge in [-0.25, -0.2) is 0 Å². The van der Waals surface area contributed by atoms with Crippen LogP contribution >= 0.6 is 0 Å². The summed E-state index contributed by atoms with van der Waals surface area (Å²) in [6.45, 7) is 3.21. The molecule has 1 rings (SSSR count). The lowest BCUT2D eigenvalue weighted by atomic mass is 9.83. The van der Waals surface area contributed by atoms with Gasteiger partial charge in [0.05, 0.1) is 0 Å². The van der Waals surface area contributed by atoms with Crippen LogP contribution in [0.4, 0.5) is 0 Å². The van der Waals surface area contributed by atoms with Gasteiger partial charge in [0.25, 0.3) is 0 Å². The van der Waals surface area contributed by atoms with Crippen molar-refractivity contribution in [3.8, 4) is 0 Å². The molecular formula is C14H16O4-2. The molecule has 0 bridgehead atoms. The number of hydrogen-bond donors (Lipinski definition) is 0. The first-order valence-corrected chi connectivity index (χ1v) is 5.90. The third kappa shape index (κ3) is 3.58. The molecule has 0 saturated carbocycles. The molecule has 0 saturated heterocycles. The zero-order valence-electron chi connectivity index (χ0n) is 10.5. The third-order valence-corrected chi connectivity index (χ3v) is 3.25. The van der Waals surface area contributed by atoms with Gasteiger partial charge in [-0.3, -0.25) is 0 Å². The van der Waals surface area contributed by atoms with Crippen LogP contribution in [0.1, 0.15) is 31.7 Å². The van der Waals surface area contributed by atoms with Crippen molar-refractivity contribution in [3.05, 3.63) is 35.9 Å². The Bertz CT molecular complexity index is 413. The number of carbonyl (C=O) groups excluding carboxylic acids is 2. The normalized spacial score (nSPS) is 15.7. The molecule has 0 aromatic heterocycles. The average molecular weight is 248 g/mol. The molecule has 0 aliphatic heterocycles. The van der Waals surface area contributed by atoms with Crippen LogP contribution in [0.25, 0.3) is 0 Å². The van der Waals surface area contributed by atoms with Crippen LogP contribution in [-0.4, -0.2) is 11.9 Å². The van der Waals surface area contributed by atoms with Crippen molar-refractivity contribution in [2.24, 2.45) is 11.8 Å². The van der Waals surface area contributed by atoms with Crippen molar-refractivity contribution in [1.29, 1.82) is 0 Å². The summed E-state index contributed by atoms with van der Waals surface area (Å²) in [5, 5.41) is 21.8. The summed E-state index contributed by atoms with van der Waals surface area (Å²) in [7, 11) is 0. The third-order valence-electron chi connectivity index (χ3n) is 3.25. The number of carboxylic acids is 2. The topological polar surface area (TPSA) is 80.3 Å². The highest BCUT2D eigenvalue weighted by Crippen LogP contribution is 2.27. The molecule has 18 heavy (non-hydrogen) atoms. The van der Waals surface area contributed by atoms with Crippen LogP contribution < -0.4 is 10.2 Å². The second-order valence-corrected chi connectivity index (χ2v) is 4.58. The van der Waals surface area contributed by atoms with Crippen molar-refractivity contribution >= 4 is 11.9 Å². The fraction of sp³-hybridized carbons (Fsp3) is 0.429. The molecule has 0 amide bonds. The Kier molecular flexibility index (Phi) is 4.89. The lowest BCUT2D eigenvalue weighted by molar-refractivity contribution is -0.326. The molecule has 98 valence electrons. The van der Waals surface area contributed by atoms with Gasteiger partial charge in [-0.2, -0.15) is 0 Å². The van der Waals surface area contributed by atoms with Crippen LogP contribution in [0.2, 0.25) is 0 Å². The van der Waals surface area contributed by atoms with Gasteiger partial charge in [0.1, 0.15) is 0 Å². The molecule has 0 spiro atoms. The van der Waals surface area contributed by atoms with Crippen LogP contribution in [0.3, 0.4) is 0 Å². The number of aliphatic carboxylic acids is 2. The first kappa shape index (κ1) is 14.2. The standard InChI is InChI=1S/C14H18O4/c1-9(11-6-4-3-5-7-11)8-12(14(17)18)10(2)13(15)16/h3-7,9-10,12H,8H2,1-2H3,(H,15,16)(H,17,18)/p-2. The van der Waals surface area contributed by atoms with Crippen LogP contribution in [0, 0.1) is 11.8 Å². The quantitative estimate of drug-likeness (QED) is 0.706. The maximum Gasteiger partial charge on any atom is 0.0451 e. The zero-order valence-corrected chi connectivity index (χ0v) is 10.5. The molecule has 3 unspecified atom stereocenters. The SMILES string of the molecule is CC(CC(C(=O)[O-])C(C)C(=O)[O-])c1ccccc1. The Morgan fingerprint density at radius 1 is 1.06 bits per heavy atom. The summed E-state index contributed by atoms with van der Waals surface area (Å²) < 4.78 is 0. The molecule has 4 nitrogen and oxygen atoms in total. The summed E-state index contributed by atoms with van der Waals surface area (Å²) in [5.74, 6) is -4.83. The molecular weight excluding hydrogens is 232 g/mol. The minimum atomic E-state index is -1.36. The average Bonchev–Trinajstić information content (AvgIpc) is 2.35. The molecule has 1 aromatic carbocycles. The van der Waals surface area contributed by atoms with Gasteiger partial charge < -0.3 is 19.8 Å². The summed E-state index contributed by atoms with van der Waals surface area (Å²) in [6.07, 6.45) is 0.224. The molecule has 0 aliphatic rings. The largest absolute Gasteiger partial charge is 0.550 e. The predicted octanol–water partition coefficient (Wildman–Crippen LogP) is -0.0677. The van der Waals surface area contributed by atoms with E-state index in [4.69, 9.17) is 0 Å². The van der Waals surface area contributed by atoms with Crippen molar-refractivity contribution in [3.63, 3.8) is 0 Å². The maximum absolute atomic E-state index is 11.0. The Hall–Kier alpha value is -1.84. The molecule has 0 aliphatic carbocycles. The Morgan fingerprint density at radius 3 is 2.06 bits per heavy atom. The first-order valence-electron chi connectivity index (χ1n) is 5.90. The molecule has 3 atom stereocenters. The minimum absolute atomic E-state index is 0.0455. The number of rotatable bonds is 6. The van der Waals surface area contributed by atoms with Gasteiger partial charge in [-0.1, -0.05) is 44.2 Å². The van der Waals surface area contributed by atoms with E-state index in [-0.39, 0.29) is 12.3 Å². The molecule has 0 N–H and O–H groups in total. The van der Waals surface area contributed by atoms with Gasteiger partial charge in [-0.15, -0.1) is 0 Å². The van der Waals surface area contributed by atoms with Crippen molar-refractivity contribution < 1.29 is 19.8 Å². The number of benzene rings is 1. The smallest absolute Gasteiger partial charge is 0.0451 e. The van der Waals surface area contributed by atoms with E-state index in [0.717, 1.165) is 5.56 Å². The van der Waals surface area contributed by atoms with Gasteiger partial charge in [0.15, 0.2) is 0 Å². The van der Waals surface area contributed by atoms with E-state index < -0.39 is 23.8 Å². The maximum atomic E-state index is 11.0. The summed E-state index contributed by atoms with van der Waals surface area (Å²) >= 11 is 0. The minimum Gasteiger partial charge on any atom is -0.550 e. The highest BCUT2D eigenvalue weighted by molar-refractivity contribution is 5.77. The molecule has 0 fully saturated rings. The second kappa shape index (κ2) is 6.19. The Balaban J connectivity index is 2.79. The fourth-order valence-electron chi connectivity index (χ4n) is 1.97. The predicted molar refractivity (Wildman–Crippen MR) is 62.1 cm³/mol. The second-order valence-electron chi connectivity index (χ2n) is 4.58. The molecule has 0 heterocycles. The van der Waals surface area contributed by atoms with E-state index in [1.54, 1.807) is 0 Å². The number of carbonyl (C=O) groups is 2. The van der Waals surface area contributed by atoms with E-state index in [9.17, 15) is 19.8 Å². The lowest BCUT2D eigenvalue weighted by Crippen LogP contribution is -2.43. The van der Waals surface area contributed by atoms with Gasteiger partial charge in [0.2, 0.25) is 0 Å². The Morgan fingerprint density at radius 2 is 1.61 bits per heavy atom. The monoisotopic (exact) mass is 248 g/mol. The van der Waals surface area contributed by atoms with Gasteiger partial charge in [-0.05, 0) is 17.9 Å². The highest BCUT2D eigenvalue weighted by Gasteiger charge is 2.22. The summed E-state index contributed by atoms with van der Waals surface area (Å²) in [4.78, 5) is 21.8. The van der Waals surface area contributed by atoms with Crippen molar-refractivity contribution in [1.82, 2.24) is 0 Å². The number of carboxylic acid groups (broad SMARTS) is 2. The zero-order chi connectivity index (χ0) is 13.7. The van der Waals surface area contributed by atoms with Crippen molar-refractivity contribution in [2.75, 3.05) is 0 Å². The van der Waals surface area contributed by atoms with Gasteiger partial charge >= 0.3 is 0 Å². The lowest BCUT2D eigenvalue weighted by Gasteiger charge is -2.28. The van der Waals surface area contributed by atoms with E-state index in [1.165, 1.54) is 6.92 Å². The Labute approximate surface area is 106 Å². The van der Waals surface area contributed by atoms with Crippen LogP contribution in [0.5, 0.6) is 0 Å². The van der Waals surface area contributed by atoms with Crippen molar-refractivity contribution in [2.45, 2.75) is 26.2 Å². The molecule has 4 heteroatoms. The summed E-state index contributed by atoms with van der Waals surface area (Å²) in [5.41, 5.74) is 0.981. The van der Waals surface area contributed by atoms with E-state index in [0.29, 0.717) is 0 Å². The van der Waals surface area contributed by atoms with E-state index in [1.807, 2.05) is 37.3 Å². The van der Waals surface area contributed by atoms with E-state index in [2.05, 4.69) is 0 Å². The van der Waals surface area contributed by atoms with Crippen LogP contribution in [0.15, 0.2) is 30.3 Å². The summed E-state index contributed by atoms with van der Waals surface area (Å²) in [6, 6.07) is 9.38. The van der Waals surface area contributed by atoms with Gasteiger partial charge in [0, 0.05) is 23.8 Å². The van der Waals surface area contributed by atoms with Crippen LogP contribution in [-0.2, 0) is 9.59 Å². The molecule has 0 radical (unpaired) electrons. The van der Waals surface area contributed by atoms with E-state index >= 15 is 0 Å². The number of hydrogen-bond acceptors (Lipinski definition) is 4. The molecule has 1 aromatic rings. The fourth-order valence-corrected chi connectivity index (χ4v) is 1.97.